The molecule has 148 valence electrons. The summed E-state index contributed by atoms with van der Waals surface area (Å²) in [4.78, 5) is 30.9. The molecule has 29 heavy (non-hydrogen) atoms. The lowest BCUT2D eigenvalue weighted by Crippen LogP contribution is -2.52. The summed E-state index contributed by atoms with van der Waals surface area (Å²) in [6, 6.07) is 3.98. The molecule has 0 spiro atoms. The van der Waals surface area contributed by atoms with Gasteiger partial charge in [0.2, 0.25) is 11.9 Å². The molecule has 1 aliphatic carbocycles. The molecule has 2 N–H and O–H groups in total. The molecule has 5 rings (SSSR count). The van der Waals surface area contributed by atoms with Gasteiger partial charge in [-0.3, -0.25) is 4.79 Å². The Hall–Kier alpha value is -3.49. The number of nitrogens with one attached hydrogen (secondary N) is 2. The van der Waals surface area contributed by atoms with Crippen LogP contribution in [0, 0.1) is 5.41 Å². The molecule has 0 bridgehead atoms. The van der Waals surface area contributed by atoms with Crippen molar-refractivity contribution in [2.75, 3.05) is 19.4 Å². The number of nitrogens with zero attached hydrogens (tertiary/aromatic N) is 6. The molecule has 0 aliphatic heterocycles. The van der Waals surface area contributed by atoms with Gasteiger partial charge >= 0.3 is 0 Å². The second-order valence-electron chi connectivity index (χ2n) is 8.11. The summed E-state index contributed by atoms with van der Waals surface area (Å²) >= 11 is 0. The van der Waals surface area contributed by atoms with E-state index in [-0.39, 0.29) is 17.4 Å². The van der Waals surface area contributed by atoms with Gasteiger partial charge in [-0.05, 0) is 18.9 Å². The van der Waals surface area contributed by atoms with Crippen molar-refractivity contribution in [2.24, 2.45) is 5.41 Å². The number of H-pyrrole nitrogens is 1. The third-order valence-corrected chi connectivity index (χ3v) is 5.62. The Morgan fingerprint density at radius 1 is 1.31 bits per heavy atom. The van der Waals surface area contributed by atoms with Gasteiger partial charge in [0.1, 0.15) is 5.65 Å². The summed E-state index contributed by atoms with van der Waals surface area (Å²) in [5.41, 5.74) is 3.02. The van der Waals surface area contributed by atoms with Gasteiger partial charge < -0.3 is 15.2 Å². The first kappa shape index (κ1) is 17.6. The Kier molecular flexibility index (Phi) is 3.80. The van der Waals surface area contributed by atoms with Crippen LogP contribution >= 0.6 is 0 Å². The highest BCUT2D eigenvalue weighted by molar-refractivity contribution is 5.92. The number of carbonyl (C=O) groups excluding carboxylic acids is 1. The maximum Gasteiger partial charge on any atom is 0.228 e. The lowest BCUT2D eigenvalue weighted by atomic mass is 9.66. The molecule has 0 radical (unpaired) electrons. The minimum atomic E-state index is -0.303. The van der Waals surface area contributed by atoms with Crippen LogP contribution in [-0.4, -0.2) is 60.5 Å². The lowest BCUT2D eigenvalue weighted by Gasteiger charge is -2.45. The zero-order chi connectivity index (χ0) is 20.2. The van der Waals surface area contributed by atoms with Gasteiger partial charge in [0, 0.05) is 55.7 Å². The van der Waals surface area contributed by atoms with E-state index in [9.17, 15) is 4.79 Å². The predicted molar refractivity (Wildman–Crippen MR) is 109 cm³/mol. The number of fused-ring (bicyclic) bond motifs is 2. The molecule has 0 aromatic carbocycles. The van der Waals surface area contributed by atoms with Crippen LogP contribution in [0.15, 0.2) is 36.9 Å². The number of anilines is 1. The van der Waals surface area contributed by atoms with E-state index in [0.717, 1.165) is 40.8 Å². The van der Waals surface area contributed by atoms with Crippen molar-refractivity contribution in [3.63, 3.8) is 0 Å². The molecule has 1 aliphatic rings. The lowest BCUT2D eigenvalue weighted by molar-refractivity contribution is -0.143. The Labute approximate surface area is 167 Å². The summed E-state index contributed by atoms with van der Waals surface area (Å²) in [5, 5.41) is 8.44. The summed E-state index contributed by atoms with van der Waals surface area (Å²) in [6.45, 7) is 2.01. The fourth-order valence-electron chi connectivity index (χ4n) is 4.18. The SMILES string of the molecule is CN(C)C(=O)[C@]1(C)C[C@H](Nc2ncc3c(-c4ccn5nccc5n4)c[nH]c3n2)C1. The van der Waals surface area contributed by atoms with Crippen molar-refractivity contribution in [1.82, 2.24) is 34.4 Å². The van der Waals surface area contributed by atoms with Gasteiger partial charge in [-0.25, -0.2) is 14.5 Å². The van der Waals surface area contributed by atoms with Gasteiger partial charge in [-0.2, -0.15) is 10.1 Å². The van der Waals surface area contributed by atoms with Crippen LogP contribution < -0.4 is 5.32 Å². The minimum absolute atomic E-state index is 0.170. The molecule has 0 unspecified atom stereocenters. The van der Waals surface area contributed by atoms with E-state index in [1.54, 1.807) is 29.7 Å². The van der Waals surface area contributed by atoms with Gasteiger partial charge in [0.25, 0.3) is 0 Å². The first-order valence-corrected chi connectivity index (χ1v) is 9.56. The number of hydrogen-bond acceptors (Lipinski definition) is 6. The highest BCUT2D eigenvalue weighted by atomic mass is 16.2. The first-order valence-electron chi connectivity index (χ1n) is 9.56. The highest BCUT2D eigenvalue weighted by Gasteiger charge is 2.47. The van der Waals surface area contributed by atoms with E-state index in [4.69, 9.17) is 0 Å². The molecule has 1 amide bonds. The molecule has 4 aromatic rings. The van der Waals surface area contributed by atoms with E-state index < -0.39 is 0 Å². The van der Waals surface area contributed by atoms with E-state index in [2.05, 4.69) is 30.4 Å². The topological polar surface area (TPSA) is 104 Å². The van der Waals surface area contributed by atoms with Crippen molar-refractivity contribution in [2.45, 2.75) is 25.8 Å². The molecular weight excluding hydrogens is 368 g/mol. The molecule has 0 saturated heterocycles. The van der Waals surface area contributed by atoms with Crippen molar-refractivity contribution in [1.29, 1.82) is 0 Å². The van der Waals surface area contributed by atoms with E-state index in [1.807, 2.05) is 37.6 Å². The summed E-state index contributed by atoms with van der Waals surface area (Å²) in [6.07, 6.45) is 8.86. The van der Waals surface area contributed by atoms with E-state index in [0.29, 0.717) is 5.95 Å². The molecule has 4 aromatic heterocycles. The minimum Gasteiger partial charge on any atom is -0.351 e. The normalized spacial score (nSPS) is 21.3. The predicted octanol–water partition coefficient (Wildman–Crippen LogP) is 2.34. The van der Waals surface area contributed by atoms with Gasteiger partial charge in [-0.1, -0.05) is 6.92 Å². The Morgan fingerprint density at radius 2 is 2.14 bits per heavy atom. The third kappa shape index (κ3) is 2.89. The average Bonchev–Trinajstić information content (AvgIpc) is 3.31. The molecule has 9 nitrogen and oxygen atoms in total. The second-order valence-corrected chi connectivity index (χ2v) is 8.11. The first-order chi connectivity index (χ1) is 13.9. The number of rotatable bonds is 4. The van der Waals surface area contributed by atoms with Crippen LogP contribution in [0.1, 0.15) is 19.8 Å². The van der Waals surface area contributed by atoms with Crippen LogP contribution in [-0.2, 0) is 4.79 Å². The summed E-state index contributed by atoms with van der Waals surface area (Å²) < 4.78 is 1.73. The summed E-state index contributed by atoms with van der Waals surface area (Å²) in [5.74, 6) is 0.734. The number of carbonyl (C=O) groups is 1. The van der Waals surface area contributed by atoms with Crippen LogP contribution in [0.2, 0.25) is 0 Å². The molecule has 9 heteroatoms. The maximum absolute atomic E-state index is 12.3. The zero-order valence-electron chi connectivity index (χ0n) is 16.5. The molecular formula is C20H22N8O. The van der Waals surface area contributed by atoms with Gasteiger partial charge in [0.05, 0.1) is 17.3 Å². The molecule has 1 fully saturated rings. The quantitative estimate of drug-likeness (QED) is 0.554. The number of hydrogen-bond donors (Lipinski definition) is 2. The zero-order valence-corrected chi connectivity index (χ0v) is 16.5. The number of amides is 1. The largest absolute Gasteiger partial charge is 0.351 e. The summed E-state index contributed by atoms with van der Waals surface area (Å²) in [7, 11) is 3.60. The fourth-order valence-corrected chi connectivity index (χ4v) is 4.18. The van der Waals surface area contributed by atoms with Crippen LogP contribution in [0.4, 0.5) is 5.95 Å². The highest BCUT2D eigenvalue weighted by Crippen LogP contribution is 2.43. The van der Waals surface area contributed by atoms with Crippen LogP contribution in [0.3, 0.4) is 0 Å². The van der Waals surface area contributed by atoms with E-state index in [1.165, 1.54) is 0 Å². The standard InChI is InChI=1S/C20H22N8O/c1-20(18(29)27(2)3)8-12(9-20)24-19-22-11-14-13(10-21-17(14)26-19)15-5-7-28-16(25-15)4-6-23-28/h4-7,10-12H,8-9H2,1-3H3,(H2,21,22,24,26)/t12-,20+. The number of aromatic amines is 1. The van der Waals surface area contributed by atoms with Crippen molar-refractivity contribution in [3.8, 4) is 11.3 Å². The Balaban J connectivity index is 1.35. The smallest absolute Gasteiger partial charge is 0.228 e. The molecule has 0 atom stereocenters. The Morgan fingerprint density at radius 3 is 2.93 bits per heavy atom. The monoisotopic (exact) mass is 390 g/mol. The van der Waals surface area contributed by atoms with E-state index >= 15 is 0 Å². The third-order valence-electron chi connectivity index (χ3n) is 5.62. The van der Waals surface area contributed by atoms with Gasteiger partial charge in [-0.15, -0.1) is 0 Å². The molecule has 4 heterocycles. The number of aromatic nitrogens is 6. The maximum atomic E-state index is 12.3. The fraction of sp³-hybridized carbons (Fsp3) is 0.350. The van der Waals surface area contributed by atoms with Crippen LogP contribution in [0.5, 0.6) is 0 Å². The van der Waals surface area contributed by atoms with Crippen LogP contribution in [0.25, 0.3) is 27.9 Å². The average molecular weight is 390 g/mol. The second kappa shape index (κ2) is 6.26. The molecule has 1 saturated carbocycles. The van der Waals surface area contributed by atoms with Crippen molar-refractivity contribution < 1.29 is 4.79 Å². The van der Waals surface area contributed by atoms with Crippen molar-refractivity contribution in [3.05, 3.63) is 36.9 Å². The Bertz CT molecular complexity index is 1220. The van der Waals surface area contributed by atoms with Gasteiger partial charge in [0.15, 0.2) is 5.65 Å². The van der Waals surface area contributed by atoms with Crippen molar-refractivity contribution >= 4 is 28.5 Å².